The zero-order chi connectivity index (χ0) is 24.6. The van der Waals surface area contributed by atoms with Gasteiger partial charge in [0.25, 0.3) is 12.2 Å². The van der Waals surface area contributed by atoms with Crippen LogP contribution in [0.1, 0.15) is 37.4 Å². The number of alkyl halides is 2. The fourth-order valence-electron chi connectivity index (χ4n) is 3.36. The van der Waals surface area contributed by atoms with E-state index in [1.807, 2.05) is 0 Å². The summed E-state index contributed by atoms with van der Waals surface area (Å²) in [7, 11) is -1.87. The Bertz CT molecular complexity index is 1350. The molecule has 2 unspecified atom stereocenters. The normalized spacial score (nSPS) is 14.0. The third kappa shape index (κ3) is 4.27. The number of H-pyrrole nitrogens is 1. The molecule has 0 bridgehead atoms. The number of halogens is 3. The Balaban J connectivity index is 1.70. The number of anilines is 1. The van der Waals surface area contributed by atoms with Crippen LogP contribution in [0, 0.1) is 0 Å². The first-order valence-corrected chi connectivity index (χ1v) is 11.6. The van der Waals surface area contributed by atoms with Crippen LogP contribution < -0.4 is 4.72 Å². The Hall–Kier alpha value is -3.00. The van der Waals surface area contributed by atoms with Crippen molar-refractivity contribution in [1.82, 2.24) is 29.9 Å². The second-order valence-electron chi connectivity index (χ2n) is 7.49. The first-order valence-electron chi connectivity index (χ1n) is 10.1. The van der Waals surface area contributed by atoms with Gasteiger partial charge in [0.1, 0.15) is 5.69 Å². The predicted octanol–water partition coefficient (Wildman–Crippen LogP) is 3.24. The number of aliphatic hydroxyl groups is 2. The van der Waals surface area contributed by atoms with Crippen LogP contribution in [0.25, 0.3) is 16.6 Å². The van der Waals surface area contributed by atoms with E-state index >= 15 is 0 Å². The number of nitrogens with one attached hydrogen (secondary N) is 2. The van der Waals surface area contributed by atoms with Crippen molar-refractivity contribution in [2.45, 2.75) is 43.3 Å². The van der Waals surface area contributed by atoms with E-state index in [0.29, 0.717) is 32.9 Å². The Kier molecular flexibility index (Phi) is 6.62. The topological polar surface area (TPSA) is 142 Å². The van der Waals surface area contributed by atoms with Crippen molar-refractivity contribution in [3.8, 4) is 5.69 Å². The lowest BCUT2D eigenvalue weighted by Crippen LogP contribution is -2.36. The zero-order valence-corrected chi connectivity index (χ0v) is 19.5. The van der Waals surface area contributed by atoms with Crippen molar-refractivity contribution in [3.63, 3.8) is 0 Å². The molecule has 0 saturated heterocycles. The molecular weight excluding hydrogens is 492 g/mol. The summed E-state index contributed by atoms with van der Waals surface area (Å²) in [5.74, 6) is -3.94. The molecule has 14 heteroatoms. The van der Waals surface area contributed by atoms with Crippen LogP contribution in [0.3, 0.4) is 0 Å². The van der Waals surface area contributed by atoms with Crippen molar-refractivity contribution in [2.75, 3.05) is 4.72 Å². The van der Waals surface area contributed by atoms with Gasteiger partial charge in [0.05, 0.1) is 39.1 Å². The van der Waals surface area contributed by atoms with E-state index in [-0.39, 0.29) is 11.6 Å². The number of hydrogen-bond acceptors (Lipinski definition) is 7. The largest absolute Gasteiger partial charge is 0.358 e. The third-order valence-corrected chi connectivity index (χ3v) is 6.75. The van der Waals surface area contributed by atoms with Crippen LogP contribution in [-0.4, -0.2) is 50.8 Å². The van der Waals surface area contributed by atoms with E-state index in [0.717, 1.165) is 6.20 Å². The van der Waals surface area contributed by atoms with E-state index in [1.165, 1.54) is 23.4 Å². The second kappa shape index (κ2) is 9.33. The quantitative estimate of drug-likeness (QED) is 0.266. The minimum atomic E-state index is -3.47. The second-order valence-corrected chi connectivity index (χ2v) is 9.08. The van der Waals surface area contributed by atoms with Gasteiger partial charge < -0.3 is 15.2 Å². The molecule has 0 fully saturated rings. The lowest BCUT2D eigenvalue weighted by atomic mass is 9.96. The highest BCUT2D eigenvalue weighted by molar-refractivity contribution is 7.86. The van der Waals surface area contributed by atoms with Crippen LogP contribution in [0.4, 0.5) is 14.7 Å². The van der Waals surface area contributed by atoms with E-state index in [4.69, 9.17) is 11.6 Å². The Labute approximate surface area is 199 Å². The standard InChI is InChI=1S/C20H20ClF2N7O3S/c1-3-10(2)15-12(20(31,32)18(22)23)8-25-19(28-15)29-34(33)14-9-24-16-11(14)4-5-13(21)17(16)30-26-6-7-27-30/h4-10,18,24,31-32H,3H2,1-2H3,(H,25,28,29). The van der Waals surface area contributed by atoms with Gasteiger partial charge in [0.2, 0.25) is 5.95 Å². The van der Waals surface area contributed by atoms with Crippen LogP contribution in [-0.2, 0) is 16.8 Å². The highest BCUT2D eigenvalue weighted by Crippen LogP contribution is 2.34. The van der Waals surface area contributed by atoms with Crippen LogP contribution in [0.15, 0.2) is 41.8 Å². The summed E-state index contributed by atoms with van der Waals surface area (Å²) in [6.07, 6.45) is 2.43. The molecule has 3 heterocycles. The van der Waals surface area contributed by atoms with Gasteiger partial charge in [-0.1, -0.05) is 25.4 Å². The first-order chi connectivity index (χ1) is 16.1. The number of nitrogens with zero attached hydrogens (tertiary/aromatic N) is 5. The molecule has 0 aliphatic heterocycles. The number of benzene rings is 1. The van der Waals surface area contributed by atoms with Crippen LogP contribution >= 0.6 is 11.6 Å². The van der Waals surface area contributed by atoms with Gasteiger partial charge in [-0.15, -0.1) is 4.80 Å². The van der Waals surface area contributed by atoms with Gasteiger partial charge in [0.15, 0.2) is 11.0 Å². The molecule has 0 spiro atoms. The smallest absolute Gasteiger partial charge is 0.295 e. The molecule has 0 aliphatic rings. The minimum Gasteiger partial charge on any atom is -0.358 e. The number of hydrogen-bond donors (Lipinski definition) is 4. The number of aromatic nitrogens is 6. The first kappa shape index (κ1) is 24.1. The van der Waals surface area contributed by atoms with Gasteiger partial charge >= 0.3 is 0 Å². The molecule has 0 amide bonds. The average molecular weight is 512 g/mol. The predicted molar refractivity (Wildman–Crippen MR) is 121 cm³/mol. The van der Waals surface area contributed by atoms with Crippen LogP contribution in [0.5, 0.6) is 0 Å². The molecule has 34 heavy (non-hydrogen) atoms. The fourth-order valence-corrected chi connectivity index (χ4v) is 4.51. The molecule has 0 saturated carbocycles. The SMILES string of the molecule is CCC(C)c1nc(NS(=O)c2c[nH]c3c(-n4nccn4)c(Cl)ccc23)ncc1C(O)(O)C(F)F. The lowest BCUT2D eigenvalue weighted by Gasteiger charge is -2.25. The molecule has 4 aromatic rings. The molecule has 0 radical (unpaired) electrons. The zero-order valence-electron chi connectivity index (χ0n) is 17.9. The maximum absolute atomic E-state index is 13.2. The molecule has 2 atom stereocenters. The highest BCUT2D eigenvalue weighted by atomic mass is 35.5. The monoisotopic (exact) mass is 511 g/mol. The summed E-state index contributed by atoms with van der Waals surface area (Å²) in [6, 6.07) is 3.30. The molecular formula is C20H20ClF2N7O3S. The minimum absolute atomic E-state index is 0.0139. The van der Waals surface area contributed by atoms with E-state index in [1.54, 1.807) is 26.0 Å². The van der Waals surface area contributed by atoms with Crippen molar-refractivity contribution < 1.29 is 23.2 Å². The van der Waals surface area contributed by atoms with Crippen molar-refractivity contribution in [3.05, 3.63) is 53.2 Å². The summed E-state index contributed by atoms with van der Waals surface area (Å²) >= 11 is 6.32. The summed E-state index contributed by atoms with van der Waals surface area (Å²) in [5, 5.41) is 28.9. The van der Waals surface area contributed by atoms with Gasteiger partial charge in [-0.3, -0.25) is 4.72 Å². The maximum atomic E-state index is 13.2. The molecule has 3 aromatic heterocycles. The Morgan fingerprint density at radius 1 is 1.29 bits per heavy atom. The number of fused-ring (bicyclic) bond motifs is 1. The molecule has 1 aromatic carbocycles. The molecule has 0 aliphatic carbocycles. The summed E-state index contributed by atoms with van der Waals surface area (Å²) in [6.45, 7) is 3.49. The summed E-state index contributed by atoms with van der Waals surface area (Å²) < 4.78 is 42.2. The lowest BCUT2D eigenvalue weighted by molar-refractivity contribution is -0.249. The number of rotatable bonds is 8. The van der Waals surface area contributed by atoms with Gasteiger partial charge in [-0.25, -0.2) is 23.0 Å². The van der Waals surface area contributed by atoms with E-state index in [2.05, 4.69) is 29.9 Å². The van der Waals surface area contributed by atoms with Gasteiger partial charge in [0, 0.05) is 17.8 Å². The maximum Gasteiger partial charge on any atom is 0.295 e. The Morgan fingerprint density at radius 3 is 2.65 bits per heavy atom. The number of aromatic amines is 1. The molecule has 180 valence electrons. The Morgan fingerprint density at radius 2 is 2.00 bits per heavy atom. The summed E-state index contributed by atoms with van der Waals surface area (Å²) in [4.78, 5) is 12.8. The van der Waals surface area contributed by atoms with E-state index < -0.39 is 34.7 Å². The molecule has 4 rings (SSSR count). The third-order valence-electron chi connectivity index (χ3n) is 5.34. The van der Waals surface area contributed by atoms with Crippen LogP contribution in [0.2, 0.25) is 5.02 Å². The van der Waals surface area contributed by atoms with Gasteiger partial charge in [-0.2, -0.15) is 10.2 Å². The fraction of sp³-hybridized carbons (Fsp3) is 0.300. The van der Waals surface area contributed by atoms with Crippen molar-refractivity contribution in [2.24, 2.45) is 0 Å². The summed E-state index contributed by atoms with van der Waals surface area (Å²) in [5.41, 5.74) is 0.528. The van der Waals surface area contributed by atoms with Crippen molar-refractivity contribution >= 4 is 39.4 Å². The van der Waals surface area contributed by atoms with Crippen molar-refractivity contribution in [1.29, 1.82) is 0 Å². The molecule has 10 nitrogen and oxygen atoms in total. The van der Waals surface area contributed by atoms with E-state index in [9.17, 15) is 23.2 Å². The molecule has 4 N–H and O–H groups in total. The average Bonchev–Trinajstić information content (AvgIpc) is 3.48. The van der Waals surface area contributed by atoms with Gasteiger partial charge in [-0.05, 0) is 24.5 Å². The highest BCUT2D eigenvalue weighted by Gasteiger charge is 2.41.